The number of hydrogen-bond acceptors (Lipinski definition) is 6. The van der Waals surface area contributed by atoms with Crippen LogP contribution in [0.25, 0.3) is 0 Å². The number of anilines is 2. The number of nitrogens with zero attached hydrogens (tertiary/aromatic N) is 3. The maximum Gasteiger partial charge on any atom is 0.131 e. The van der Waals surface area contributed by atoms with Crippen molar-refractivity contribution in [2.75, 3.05) is 24.3 Å². The van der Waals surface area contributed by atoms with Crippen LogP contribution in [-0.2, 0) is 11.2 Å². The summed E-state index contributed by atoms with van der Waals surface area (Å²) in [5, 5.41) is 3.38. The van der Waals surface area contributed by atoms with Crippen LogP contribution in [0.5, 0.6) is 0 Å². The van der Waals surface area contributed by atoms with Gasteiger partial charge >= 0.3 is 0 Å². The van der Waals surface area contributed by atoms with Crippen molar-refractivity contribution in [1.29, 1.82) is 0 Å². The fraction of sp³-hybridized carbons (Fsp3) is 0.357. The van der Waals surface area contributed by atoms with Crippen LogP contribution in [0.2, 0.25) is 0 Å². The van der Waals surface area contributed by atoms with E-state index in [9.17, 15) is 0 Å². The summed E-state index contributed by atoms with van der Waals surface area (Å²) in [4.78, 5) is 12.1. The molecule has 0 unspecified atom stereocenters. The van der Waals surface area contributed by atoms with Crippen LogP contribution in [0.15, 0.2) is 36.9 Å². The Hall–Kier alpha value is -2.21. The molecule has 0 saturated carbocycles. The zero-order valence-electron chi connectivity index (χ0n) is 11.1. The molecule has 6 nitrogen and oxygen atoms in total. The molecule has 104 valence electrons. The Morgan fingerprint density at radius 2 is 2.10 bits per heavy atom. The van der Waals surface area contributed by atoms with E-state index in [-0.39, 0.29) is 6.04 Å². The summed E-state index contributed by atoms with van der Waals surface area (Å²) < 4.78 is 5.59. The molecule has 0 amide bonds. The smallest absolute Gasteiger partial charge is 0.131 e. The number of ether oxygens (including phenoxy) is 1. The van der Waals surface area contributed by atoms with Crippen molar-refractivity contribution in [2.24, 2.45) is 5.92 Å². The Morgan fingerprint density at radius 3 is 2.90 bits per heavy atom. The molecule has 0 spiro atoms. The Morgan fingerprint density at radius 1 is 1.25 bits per heavy atom. The number of nitrogens with one attached hydrogen (secondary N) is 1. The van der Waals surface area contributed by atoms with E-state index in [0.29, 0.717) is 18.3 Å². The van der Waals surface area contributed by atoms with Crippen LogP contribution in [0.3, 0.4) is 0 Å². The van der Waals surface area contributed by atoms with Crippen LogP contribution in [0.4, 0.5) is 11.6 Å². The van der Waals surface area contributed by atoms with E-state index in [4.69, 9.17) is 10.5 Å². The van der Waals surface area contributed by atoms with Crippen molar-refractivity contribution in [3.8, 4) is 0 Å². The number of aromatic nitrogens is 3. The molecule has 2 aromatic heterocycles. The van der Waals surface area contributed by atoms with Crippen LogP contribution in [0.1, 0.15) is 5.56 Å². The molecule has 2 atom stereocenters. The van der Waals surface area contributed by atoms with Crippen LogP contribution in [0, 0.1) is 5.92 Å². The normalized spacial score (nSPS) is 21.8. The highest BCUT2D eigenvalue weighted by Gasteiger charge is 2.28. The van der Waals surface area contributed by atoms with E-state index in [1.807, 2.05) is 24.5 Å². The minimum absolute atomic E-state index is 0.234. The molecule has 3 heterocycles. The average Bonchev–Trinajstić information content (AvgIpc) is 2.87. The number of hydrogen-bond donors (Lipinski definition) is 2. The molecule has 3 rings (SSSR count). The topological polar surface area (TPSA) is 86.0 Å². The van der Waals surface area contributed by atoms with E-state index in [0.717, 1.165) is 18.8 Å². The molecule has 1 saturated heterocycles. The van der Waals surface area contributed by atoms with Gasteiger partial charge in [-0.1, -0.05) is 0 Å². The van der Waals surface area contributed by atoms with E-state index in [1.54, 1.807) is 6.07 Å². The van der Waals surface area contributed by atoms with Gasteiger partial charge in [0.15, 0.2) is 0 Å². The zero-order valence-corrected chi connectivity index (χ0v) is 11.1. The SMILES string of the molecule is Nc1cc(N[C@H]2COC[C@H]2Cc2ccncc2)ncn1. The fourth-order valence-corrected chi connectivity index (χ4v) is 2.42. The first-order valence-corrected chi connectivity index (χ1v) is 6.62. The third kappa shape index (κ3) is 3.03. The highest BCUT2D eigenvalue weighted by Crippen LogP contribution is 2.22. The lowest BCUT2D eigenvalue weighted by Gasteiger charge is -2.19. The maximum atomic E-state index is 5.66. The Bertz CT molecular complexity index is 563. The summed E-state index contributed by atoms with van der Waals surface area (Å²) in [6.45, 7) is 1.43. The predicted octanol–water partition coefficient (Wildman–Crippen LogP) is 1.12. The molecule has 1 aliphatic rings. The summed E-state index contributed by atoms with van der Waals surface area (Å²) in [5.74, 6) is 1.62. The third-order valence-electron chi connectivity index (χ3n) is 3.47. The van der Waals surface area contributed by atoms with Gasteiger partial charge < -0.3 is 15.8 Å². The minimum Gasteiger partial charge on any atom is -0.384 e. The van der Waals surface area contributed by atoms with Crippen molar-refractivity contribution >= 4 is 11.6 Å². The second-order valence-corrected chi connectivity index (χ2v) is 4.94. The van der Waals surface area contributed by atoms with Gasteiger partial charge in [-0.05, 0) is 24.1 Å². The molecule has 6 heteroatoms. The van der Waals surface area contributed by atoms with Gasteiger partial charge in [0.05, 0.1) is 19.3 Å². The predicted molar refractivity (Wildman–Crippen MR) is 76.1 cm³/mol. The van der Waals surface area contributed by atoms with Crippen molar-refractivity contribution < 1.29 is 4.74 Å². The van der Waals surface area contributed by atoms with E-state index >= 15 is 0 Å². The highest BCUT2D eigenvalue weighted by atomic mass is 16.5. The highest BCUT2D eigenvalue weighted by molar-refractivity contribution is 5.44. The van der Waals surface area contributed by atoms with Crippen molar-refractivity contribution in [2.45, 2.75) is 12.5 Å². The van der Waals surface area contributed by atoms with Crippen molar-refractivity contribution in [3.05, 3.63) is 42.5 Å². The lowest BCUT2D eigenvalue weighted by Crippen LogP contribution is -2.29. The van der Waals surface area contributed by atoms with Gasteiger partial charge in [0.1, 0.15) is 18.0 Å². The summed E-state index contributed by atoms with van der Waals surface area (Å²) in [6.07, 6.45) is 6.06. The molecule has 3 N–H and O–H groups in total. The lowest BCUT2D eigenvalue weighted by molar-refractivity contribution is 0.185. The quantitative estimate of drug-likeness (QED) is 0.866. The fourth-order valence-electron chi connectivity index (χ4n) is 2.42. The average molecular weight is 271 g/mol. The standard InChI is InChI=1S/C14H17N5O/c15-13-6-14(18-9-17-13)19-12-8-20-7-11(12)5-10-1-3-16-4-2-10/h1-4,6,9,11-12H,5,7-8H2,(H3,15,17,18,19)/t11-,12+/m1/s1. The van der Waals surface area contributed by atoms with Gasteiger partial charge in [-0.25, -0.2) is 9.97 Å². The maximum absolute atomic E-state index is 5.66. The molecular formula is C14H17N5O. The van der Waals surface area contributed by atoms with Gasteiger partial charge in [0.2, 0.25) is 0 Å². The lowest BCUT2D eigenvalue weighted by atomic mass is 9.95. The molecular weight excluding hydrogens is 254 g/mol. The molecule has 20 heavy (non-hydrogen) atoms. The first kappa shape index (κ1) is 12.8. The molecule has 2 aromatic rings. The van der Waals surface area contributed by atoms with Gasteiger partial charge in [-0.3, -0.25) is 4.98 Å². The minimum atomic E-state index is 0.234. The summed E-state index contributed by atoms with van der Waals surface area (Å²) in [7, 11) is 0. The molecule has 0 radical (unpaired) electrons. The number of rotatable bonds is 4. The number of nitrogen functional groups attached to an aromatic ring is 1. The first-order valence-electron chi connectivity index (χ1n) is 6.62. The van der Waals surface area contributed by atoms with Crippen molar-refractivity contribution in [3.63, 3.8) is 0 Å². The summed E-state index contributed by atoms with van der Waals surface area (Å²) >= 11 is 0. The van der Waals surface area contributed by atoms with Crippen molar-refractivity contribution in [1.82, 2.24) is 15.0 Å². The summed E-state index contributed by atoms with van der Waals surface area (Å²) in [5.41, 5.74) is 6.93. The monoisotopic (exact) mass is 271 g/mol. The second-order valence-electron chi connectivity index (χ2n) is 4.94. The Balaban J connectivity index is 1.66. The largest absolute Gasteiger partial charge is 0.384 e. The van der Waals surface area contributed by atoms with Crippen LogP contribution < -0.4 is 11.1 Å². The second kappa shape index (κ2) is 5.83. The summed E-state index contributed by atoms with van der Waals surface area (Å²) in [6, 6.07) is 6.05. The van der Waals surface area contributed by atoms with Crippen LogP contribution in [-0.4, -0.2) is 34.2 Å². The van der Waals surface area contributed by atoms with E-state index in [2.05, 4.69) is 20.3 Å². The first-order chi connectivity index (χ1) is 9.81. The van der Waals surface area contributed by atoms with E-state index < -0.39 is 0 Å². The van der Waals surface area contributed by atoms with Gasteiger partial charge in [-0.2, -0.15) is 0 Å². The Labute approximate surface area is 117 Å². The van der Waals surface area contributed by atoms with Gasteiger partial charge in [0.25, 0.3) is 0 Å². The molecule has 0 aliphatic carbocycles. The molecule has 0 aromatic carbocycles. The Kier molecular flexibility index (Phi) is 3.73. The number of nitrogens with two attached hydrogens (primary N) is 1. The number of pyridine rings is 1. The molecule has 1 fully saturated rings. The van der Waals surface area contributed by atoms with Gasteiger partial charge in [-0.15, -0.1) is 0 Å². The third-order valence-corrected chi connectivity index (χ3v) is 3.47. The zero-order chi connectivity index (χ0) is 13.8. The van der Waals surface area contributed by atoms with E-state index in [1.165, 1.54) is 11.9 Å². The molecule has 0 bridgehead atoms. The molecule has 1 aliphatic heterocycles. The van der Waals surface area contributed by atoms with Gasteiger partial charge in [0, 0.05) is 24.4 Å². The van der Waals surface area contributed by atoms with Crippen LogP contribution >= 0.6 is 0 Å².